The largest absolute Gasteiger partial charge is 0.302 e. The Morgan fingerprint density at radius 1 is 0.933 bits per heavy atom. The normalized spacial score (nSPS) is 11.4. The highest BCUT2D eigenvalue weighted by Gasteiger charge is 2.22. The smallest absolute Gasteiger partial charge is 0.233 e. The molecule has 0 fully saturated rings. The Morgan fingerprint density at radius 2 is 1.63 bits per heavy atom. The monoisotopic (exact) mass is 423 g/mol. The van der Waals surface area contributed by atoms with E-state index >= 15 is 0 Å². The van der Waals surface area contributed by atoms with Crippen molar-refractivity contribution in [1.82, 2.24) is 9.88 Å². The lowest BCUT2D eigenvalue weighted by atomic mass is 10.0. The molecular weight excluding hydrogens is 390 g/mol. The maximum Gasteiger partial charge on any atom is 0.233 e. The summed E-state index contributed by atoms with van der Waals surface area (Å²) in [6, 6.07) is 10.6. The maximum atomic E-state index is 13.4. The number of amides is 1. The van der Waals surface area contributed by atoms with Crippen molar-refractivity contribution in [2.24, 2.45) is 0 Å². The molecule has 0 bridgehead atoms. The zero-order valence-corrected chi connectivity index (χ0v) is 19.9. The molecule has 0 aliphatic heterocycles. The lowest BCUT2D eigenvalue weighted by Crippen LogP contribution is -2.39. The van der Waals surface area contributed by atoms with E-state index in [0.29, 0.717) is 13.0 Å². The van der Waals surface area contributed by atoms with Gasteiger partial charge in [-0.15, -0.1) is 0 Å². The van der Waals surface area contributed by atoms with E-state index < -0.39 is 0 Å². The van der Waals surface area contributed by atoms with E-state index in [2.05, 4.69) is 76.8 Å². The van der Waals surface area contributed by atoms with Gasteiger partial charge in [-0.05, 0) is 69.1 Å². The summed E-state index contributed by atoms with van der Waals surface area (Å²) in [6.45, 7) is 16.2. The highest BCUT2D eigenvalue weighted by Crippen LogP contribution is 2.32. The van der Waals surface area contributed by atoms with Crippen LogP contribution >= 0.6 is 11.3 Å². The van der Waals surface area contributed by atoms with Gasteiger partial charge in [0.2, 0.25) is 5.91 Å². The minimum atomic E-state index is 0.113. The summed E-state index contributed by atoms with van der Waals surface area (Å²) in [4.78, 5) is 22.6. The fourth-order valence-corrected chi connectivity index (χ4v) is 5.07. The van der Waals surface area contributed by atoms with Crippen molar-refractivity contribution >= 4 is 32.6 Å². The molecule has 0 aliphatic carbocycles. The first kappa shape index (κ1) is 22.4. The molecule has 0 saturated carbocycles. The average molecular weight is 424 g/mol. The van der Waals surface area contributed by atoms with Crippen LogP contribution in [0.4, 0.5) is 5.13 Å². The van der Waals surface area contributed by atoms with Crippen LogP contribution in [0.15, 0.2) is 30.3 Å². The molecule has 2 aromatic carbocycles. The van der Waals surface area contributed by atoms with Gasteiger partial charge in [-0.3, -0.25) is 9.69 Å². The topological polar surface area (TPSA) is 36.4 Å². The average Bonchev–Trinajstić information content (AvgIpc) is 3.11. The molecule has 0 atom stereocenters. The predicted molar refractivity (Wildman–Crippen MR) is 129 cm³/mol. The van der Waals surface area contributed by atoms with Gasteiger partial charge in [0.15, 0.2) is 5.13 Å². The minimum Gasteiger partial charge on any atom is -0.302 e. The van der Waals surface area contributed by atoms with E-state index in [1.807, 2.05) is 4.90 Å². The Balaban J connectivity index is 1.93. The van der Waals surface area contributed by atoms with Crippen LogP contribution in [0, 0.1) is 27.7 Å². The molecule has 0 aliphatic rings. The Kier molecular flexibility index (Phi) is 7.27. The number of carbonyl (C=O) groups excluding carboxylic acids is 1. The SMILES string of the molecule is CCN(CC)CCN(C(=O)Cc1ccc(C)cc1C)c1nc2c(C)cc(C)cc2s1. The van der Waals surface area contributed by atoms with Gasteiger partial charge >= 0.3 is 0 Å². The fourth-order valence-electron chi connectivity index (χ4n) is 3.89. The van der Waals surface area contributed by atoms with Gasteiger partial charge in [0, 0.05) is 13.1 Å². The minimum absolute atomic E-state index is 0.113. The Hall–Kier alpha value is -2.24. The van der Waals surface area contributed by atoms with Gasteiger partial charge < -0.3 is 4.90 Å². The molecule has 1 heterocycles. The van der Waals surface area contributed by atoms with Crippen LogP contribution in [-0.2, 0) is 11.2 Å². The number of hydrogen-bond acceptors (Lipinski definition) is 4. The summed E-state index contributed by atoms with van der Waals surface area (Å²) in [7, 11) is 0. The zero-order valence-electron chi connectivity index (χ0n) is 19.1. The van der Waals surface area contributed by atoms with Crippen molar-refractivity contribution in [2.45, 2.75) is 48.0 Å². The molecule has 0 spiro atoms. The van der Waals surface area contributed by atoms with Crippen molar-refractivity contribution in [3.63, 3.8) is 0 Å². The van der Waals surface area contributed by atoms with Crippen LogP contribution in [0.25, 0.3) is 10.2 Å². The molecule has 0 saturated heterocycles. The quantitative estimate of drug-likeness (QED) is 0.483. The molecule has 3 rings (SSSR count). The number of aryl methyl sites for hydroxylation is 4. The summed E-state index contributed by atoms with van der Waals surface area (Å²) in [5.74, 6) is 0.113. The van der Waals surface area contributed by atoms with Gasteiger partial charge in [-0.1, -0.05) is 55.0 Å². The number of rotatable bonds is 8. The molecular formula is C25H33N3OS. The second kappa shape index (κ2) is 9.71. The number of nitrogens with zero attached hydrogens (tertiary/aromatic N) is 3. The van der Waals surface area contributed by atoms with Crippen LogP contribution in [0.3, 0.4) is 0 Å². The van der Waals surface area contributed by atoms with Crippen molar-refractivity contribution in [3.8, 4) is 0 Å². The van der Waals surface area contributed by atoms with Crippen LogP contribution < -0.4 is 4.90 Å². The zero-order chi connectivity index (χ0) is 21.8. The van der Waals surface area contributed by atoms with E-state index in [-0.39, 0.29) is 5.91 Å². The molecule has 1 amide bonds. The van der Waals surface area contributed by atoms with Gasteiger partial charge in [0.25, 0.3) is 0 Å². The Bertz CT molecular complexity index is 1040. The number of benzene rings is 2. The Morgan fingerprint density at radius 3 is 2.30 bits per heavy atom. The van der Waals surface area contributed by atoms with Crippen molar-refractivity contribution in [1.29, 1.82) is 0 Å². The van der Waals surface area contributed by atoms with E-state index in [1.54, 1.807) is 11.3 Å². The third-order valence-corrected chi connectivity index (χ3v) is 6.75. The van der Waals surface area contributed by atoms with E-state index in [1.165, 1.54) is 16.7 Å². The van der Waals surface area contributed by atoms with Gasteiger partial charge in [0.1, 0.15) is 0 Å². The number of anilines is 1. The fraction of sp³-hybridized carbons (Fsp3) is 0.440. The summed E-state index contributed by atoms with van der Waals surface area (Å²) in [5.41, 5.74) is 6.88. The molecule has 1 aromatic heterocycles. The first-order valence-electron chi connectivity index (χ1n) is 10.8. The standard InChI is InChI=1S/C25H33N3OS/c1-7-27(8-2)11-12-28(23(29)16-21-10-9-17(3)13-19(21)5)25-26-24-20(6)14-18(4)15-22(24)30-25/h9-10,13-15H,7-8,11-12,16H2,1-6H3. The Labute approximate surface area is 184 Å². The molecule has 30 heavy (non-hydrogen) atoms. The number of carbonyl (C=O) groups is 1. The molecule has 0 N–H and O–H groups in total. The number of hydrogen-bond donors (Lipinski definition) is 0. The maximum absolute atomic E-state index is 13.4. The van der Waals surface area contributed by atoms with Crippen molar-refractivity contribution in [2.75, 3.05) is 31.1 Å². The third-order valence-electron chi connectivity index (χ3n) is 5.72. The van der Waals surface area contributed by atoms with Crippen molar-refractivity contribution < 1.29 is 4.79 Å². The molecule has 0 radical (unpaired) electrons. The second-order valence-corrected chi connectivity index (χ2v) is 9.11. The second-order valence-electron chi connectivity index (χ2n) is 8.10. The molecule has 0 unspecified atom stereocenters. The molecule has 5 heteroatoms. The molecule has 4 nitrogen and oxygen atoms in total. The van der Waals surface area contributed by atoms with Crippen molar-refractivity contribution in [3.05, 3.63) is 58.1 Å². The first-order valence-corrected chi connectivity index (χ1v) is 11.6. The summed E-state index contributed by atoms with van der Waals surface area (Å²) >= 11 is 1.62. The summed E-state index contributed by atoms with van der Waals surface area (Å²) < 4.78 is 1.15. The highest BCUT2D eigenvalue weighted by molar-refractivity contribution is 7.22. The van der Waals surface area contributed by atoms with E-state index in [0.717, 1.165) is 46.1 Å². The number of likely N-dealkylation sites (N-methyl/N-ethyl adjacent to an activating group) is 1. The van der Waals surface area contributed by atoms with Gasteiger partial charge in [-0.2, -0.15) is 0 Å². The summed E-state index contributed by atoms with van der Waals surface area (Å²) in [6.07, 6.45) is 0.401. The molecule has 3 aromatic rings. The number of fused-ring (bicyclic) bond motifs is 1. The summed E-state index contributed by atoms with van der Waals surface area (Å²) in [5, 5.41) is 0.806. The molecule has 160 valence electrons. The van der Waals surface area contributed by atoms with Gasteiger partial charge in [-0.25, -0.2) is 4.98 Å². The first-order chi connectivity index (χ1) is 14.3. The van der Waals surface area contributed by atoms with Crippen LogP contribution in [0.1, 0.15) is 41.7 Å². The van der Waals surface area contributed by atoms with Crippen LogP contribution in [0.2, 0.25) is 0 Å². The highest BCUT2D eigenvalue weighted by atomic mass is 32.1. The number of thiazole rings is 1. The lowest BCUT2D eigenvalue weighted by molar-refractivity contribution is -0.118. The third kappa shape index (κ3) is 5.08. The predicted octanol–water partition coefficient (Wildman–Crippen LogP) is 5.45. The van der Waals surface area contributed by atoms with Crippen LogP contribution in [0.5, 0.6) is 0 Å². The van der Waals surface area contributed by atoms with Crippen LogP contribution in [-0.4, -0.2) is 42.0 Å². The lowest BCUT2D eigenvalue weighted by Gasteiger charge is -2.25. The van der Waals surface area contributed by atoms with Gasteiger partial charge in [0.05, 0.1) is 16.6 Å². The number of aromatic nitrogens is 1. The van der Waals surface area contributed by atoms with E-state index in [4.69, 9.17) is 4.98 Å². The van der Waals surface area contributed by atoms with E-state index in [9.17, 15) is 4.79 Å².